The number of nitrogen functional groups attached to an aromatic ring is 1. The number of nitrogens with two attached hydrogens (primary N) is 1. The van der Waals surface area contributed by atoms with Crippen LogP contribution in [0.25, 0.3) is 11.3 Å². The molecule has 0 radical (unpaired) electrons. The maximum atomic E-state index is 11.2. The normalized spacial score (nSPS) is 14.2. The zero-order chi connectivity index (χ0) is 18.1. The third kappa shape index (κ3) is 3.14. The van der Waals surface area contributed by atoms with Crippen LogP contribution >= 0.6 is 0 Å². The first-order chi connectivity index (χ1) is 12.6. The maximum absolute atomic E-state index is 11.2. The number of furan rings is 1. The molecule has 0 fully saturated rings. The Morgan fingerprint density at radius 2 is 2.12 bits per heavy atom. The van der Waals surface area contributed by atoms with Crippen molar-refractivity contribution in [1.29, 1.82) is 0 Å². The largest absolute Gasteiger partial charge is 0.459 e. The average Bonchev–Trinajstić information content (AvgIpc) is 3.10. The maximum Gasteiger partial charge on any atom is 0.280 e. The molecule has 2 aromatic heterocycles. The van der Waals surface area contributed by atoms with Crippen LogP contribution in [0.1, 0.15) is 17.0 Å². The van der Waals surface area contributed by atoms with Gasteiger partial charge in [-0.05, 0) is 18.2 Å². The molecule has 1 aromatic carbocycles. The molecule has 3 heterocycles. The van der Waals surface area contributed by atoms with Gasteiger partial charge in [0.05, 0.1) is 22.7 Å². The molecular weight excluding hydrogens is 334 g/mol. The molecule has 0 aliphatic carbocycles. The first kappa shape index (κ1) is 16.2. The van der Waals surface area contributed by atoms with Gasteiger partial charge in [-0.2, -0.15) is 0 Å². The van der Waals surface area contributed by atoms with E-state index in [4.69, 9.17) is 10.2 Å². The first-order valence-corrected chi connectivity index (χ1v) is 8.25. The van der Waals surface area contributed by atoms with Crippen molar-refractivity contribution in [2.45, 2.75) is 19.5 Å². The molecular formula is C18H17N5O3. The molecule has 0 atom stereocenters. The summed E-state index contributed by atoms with van der Waals surface area (Å²) in [5, 5.41) is 11.2. The summed E-state index contributed by atoms with van der Waals surface area (Å²) in [7, 11) is 0. The minimum atomic E-state index is -0.398. The molecule has 0 saturated carbocycles. The van der Waals surface area contributed by atoms with Gasteiger partial charge in [-0.15, -0.1) is 0 Å². The summed E-state index contributed by atoms with van der Waals surface area (Å²) in [5.41, 5.74) is 8.21. The number of nitro groups is 1. The van der Waals surface area contributed by atoms with Crippen molar-refractivity contribution in [2.24, 2.45) is 0 Å². The van der Waals surface area contributed by atoms with Crippen LogP contribution in [0, 0.1) is 10.1 Å². The second-order valence-electron chi connectivity index (χ2n) is 6.20. The third-order valence-electron chi connectivity index (χ3n) is 4.44. The summed E-state index contributed by atoms with van der Waals surface area (Å²) in [6.45, 7) is 2.17. The van der Waals surface area contributed by atoms with Gasteiger partial charge in [0.15, 0.2) is 0 Å². The van der Waals surface area contributed by atoms with Crippen molar-refractivity contribution in [2.75, 3.05) is 12.3 Å². The number of hydrogen-bond acceptors (Lipinski definition) is 7. The molecule has 0 unspecified atom stereocenters. The summed E-state index contributed by atoms with van der Waals surface area (Å²) in [6.07, 6.45) is 2.57. The van der Waals surface area contributed by atoms with Crippen LogP contribution in [0.3, 0.4) is 0 Å². The lowest BCUT2D eigenvalue weighted by Gasteiger charge is -2.26. The van der Waals surface area contributed by atoms with E-state index in [9.17, 15) is 10.1 Å². The monoisotopic (exact) mass is 351 g/mol. The number of benzene rings is 1. The van der Waals surface area contributed by atoms with E-state index in [1.807, 2.05) is 6.07 Å². The Kier molecular flexibility index (Phi) is 4.10. The number of para-hydroxylation sites is 1. The molecule has 8 nitrogen and oxygen atoms in total. The van der Waals surface area contributed by atoms with E-state index in [0.717, 1.165) is 36.5 Å². The van der Waals surface area contributed by atoms with Crippen molar-refractivity contribution < 1.29 is 9.34 Å². The number of nitro benzene ring substituents is 1. The van der Waals surface area contributed by atoms with Crippen LogP contribution in [0.15, 0.2) is 47.0 Å². The van der Waals surface area contributed by atoms with E-state index in [1.54, 1.807) is 30.5 Å². The highest BCUT2D eigenvalue weighted by Crippen LogP contribution is 2.31. The summed E-state index contributed by atoms with van der Waals surface area (Å²) in [6, 6.07) is 10.2. The minimum Gasteiger partial charge on any atom is -0.459 e. The van der Waals surface area contributed by atoms with E-state index in [-0.39, 0.29) is 5.69 Å². The van der Waals surface area contributed by atoms with E-state index >= 15 is 0 Å². The highest BCUT2D eigenvalue weighted by molar-refractivity contribution is 5.69. The molecule has 26 heavy (non-hydrogen) atoms. The molecule has 1 aliphatic heterocycles. The van der Waals surface area contributed by atoms with Gasteiger partial charge in [-0.25, -0.2) is 9.97 Å². The summed E-state index contributed by atoms with van der Waals surface area (Å²) >= 11 is 0. The van der Waals surface area contributed by atoms with Crippen molar-refractivity contribution >= 4 is 11.6 Å². The predicted molar refractivity (Wildman–Crippen MR) is 95.1 cm³/mol. The highest BCUT2D eigenvalue weighted by Gasteiger charge is 2.21. The second-order valence-corrected chi connectivity index (χ2v) is 6.20. The van der Waals surface area contributed by atoms with Crippen LogP contribution in [0.4, 0.5) is 11.6 Å². The van der Waals surface area contributed by atoms with E-state index in [0.29, 0.717) is 23.8 Å². The van der Waals surface area contributed by atoms with Crippen LogP contribution in [-0.2, 0) is 19.5 Å². The summed E-state index contributed by atoms with van der Waals surface area (Å²) in [4.78, 5) is 21.4. The van der Waals surface area contributed by atoms with Gasteiger partial charge >= 0.3 is 0 Å². The van der Waals surface area contributed by atoms with Crippen molar-refractivity contribution in [3.63, 3.8) is 0 Å². The number of rotatable bonds is 4. The van der Waals surface area contributed by atoms with Crippen LogP contribution < -0.4 is 5.73 Å². The number of aromatic nitrogens is 2. The van der Waals surface area contributed by atoms with E-state index in [1.165, 1.54) is 6.07 Å². The van der Waals surface area contributed by atoms with Gasteiger partial charge in [0.2, 0.25) is 5.95 Å². The van der Waals surface area contributed by atoms with Crippen LogP contribution in [0.5, 0.6) is 0 Å². The molecule has 0 amide bonds. The third-order valence-corrected chi connectivity index (χ3v) is 4.44. The van der Waals surface area contributed by atoms with Crippen molar-refractivity contribution in [1.82, 2.24) is 14.9 Å². The summed E-state index contributed by atoms with van der Waals surface area (Å²) < 4.78 is 5.87. The molecule has 8 heteroatoms. The first-order valence-electron chi connectivity index (χ1n) is 8.25. The standard InChI is InChI=1S/C18H17N5O3/c19-18-20-9-12-10-22(8-7-15(12)21-18)11-13-5-6-17(26-13)14-3-1-2-4-16(14)23(24)25/h1-6,9H,7-8,10-11H2,(H2,19,20,21). The quantitative estimate of drug-likeness (QED) is 0.568. The van der Waals surface area contributed by atoms with Crippen LogP contribution in [0.2, 0.25) is 0 Å². The fourth-order valence-corrected chi connectivity index (χ4v) is 3.19. The van der Waals surface area contributed by atoms with Gasteiger partial charge in [-0.3, -0.25) is 15.0 Å². The number of anilines is 1. The Hall–Kier alpha value is -3.26. The molecule has 132 valence electrons. The van der Waals surface area contributed by atoms with Gasteiger partial charge in [0, 0.05) is 37.3 Å². The molecule has 0 spiro atoms. The molecule has 1 aliphatic rings. The fourth-order valence-electron chi connectivity index (χ4n) is 3.19. The lowest BCUT2D eigenvalue weighted by molar-refractivity contribution is -0.384. The number of hydrogen-bond donors (Lipinski definition) is 1. The summed E-state index contributed by atoms with van der Waals surface area (Å²) in [5.74, 6) is 1.57. The Balaban J connectivity index is 1.51. The highest BCUT2D eigenvalue weighted by atomic mass is 16.6. The minimum absolute atomic E-state index is 0.0371. The zero-order valence-electron chi connectivity index (χ0n) is 14.0. The Labute approximate surface area is 149 Å². The van der Waals surface area contributed by atoms with Gasteiger partial charge in [0.25, 0.3) is 5.69 Å². The smallest absolute Gasteiger partial charge is 0.280 e. The lowest BCUT2D eigenvalue weighted by Crippen LogP contribution is -2.30. The topological polar surface area (TPSA) is 111 Å². The van der Waals surface area contributed by atoms with Gasteiger partial charge < -0.3 is 10.2 Å². The Bertz CT molecular complexity index is 969. The van der Waals surface area contributed by atoms with Crippen molar-refractivity contribution in [3.05, 3.63) is 69.7 Å². The predicted octanol–water partition coefficient (Wildman–Crippen LogP) is 2.79. The molecule has 4 rings (SSSR count). The van der Waals surface area contributed by atoms with Gasteiger partial charge in [-0.1, -0.05) is 12.1 Å². The van der Waals surface area contributed by atoms with Gasteiger partial charge in [0.1, 0.15) is 11.5 Å². The lowest BCUT2D eigenvalue weighted by atomic mass is 10.1. The SMILES string of the molecule is Nc1ncc2c(n1)CCN(Cc1ccc(-c3ccccc3[N+](=O)[O-])o1)C2. The number of fused-ring (bicyclic) bond motifs is 1. The molecule has 0 bridgehead atoms. The number of nitrogens with zero attached hydrogens (tertiary/aromatic N) is 4. The second kappa shape index (κ2) is 6.57. The molecule has 0 saturated heterocycles. The van der Waals surface area contributed by atoms with Crippen LogP contribution in [-0.4, -0.2) is 26.3 Å². The Morgan fingerprint density at radius 1 is 1.27 bits per heavy atom. The van der Waals surface area contributed by atoms with Crippen molar-refractivity contribution in [3.8, 4) is 11.3 Å². The average molecular weight is 351 g/mol. The van der Waals surface area contributed by atoms with E-state index in [2.05, 4.69) is 14.9 Å². The molecule has 2 N–H and O–H groups in total. The zero-order valence-corrected chi connectivity index (χ0v) is 14.0. The molecule has 3 aromatic rings. The Morgan fingerprint density at radius 3 is 2.96 bits per heavy atom. The van der Waals surface area contributed by atoms with E-state index < -0.39 is 4.92 Å². The fraction of sp³-hybridized carbons (Fsp3) is 0.222.